The molecule has 24 heavy (non-hydrogen) atoms. The van der Waals surface area contributed by atoms with E-state index in [4.69, 9.17) is 33.4 Å². The normalized spacial score (nSPS) is 60.6. The molecule has 0 N–H and O–H groups in total. The first-order valence-corrected chi connectivity index (χ1v) is 10.8. The average molecular weight is 365 g/mol. The zero-order chi connectivity index (χ0) is 16.1. The van der Waals surface area contributed by atoms with Crippen LogP contribution in [-0.2, 0) is 0 Å². The van der Waals surface area contributed by atoms with Crippen LogP contribution in [0, 0.1) is 35.5 Å². The van der Waals surface area contributed by atoms with Gasteiger partial charge in [0.05, 0.1) is 0 Å². The Morgan fingerprint density at radius 3 is 1.21 bits per heavy atom. The van der Waals surface area contributed by atoms with Gasteiger partial charge in [0.25, 0.3) is 0 Å². The molecule has 0 saturated heterocycles. The van der Waals surface area contributed by atoms with Crippen molar-refractivity contribution in [3.63, 3.8) is 0 Å². The molecule has 0 aliphatic heterocycles. The molecule has 8 aliphatic carbocycles. The van der Waals surface area contributed by atoms with Gasteiger partial charge in [-0.15, -0.1) is 23.2 Å². The van der Waals surface area contributed by atoms with Crippen LogP contribution in [-0.4, -0.2) is 21.2 Å². The molecule has 8 aliphatic rings. The van der Waals surface area contributed by atoms with E-state index in [1.807, 2.05) is 0 Å². The SMILES string of the molecule is ClC12CC3C[C@H](C1)C(=NN=C1[C@@H]4CC5C[C@H]1CC(Cl)(C5)C4)[C@@H](C3)C2. The summed E-state index contributed by atoms with van der Waals surface area (Å²) < 4.78 is 0. The first kappa shape index (κ1) is 15.0. The highest BCUT2D eigenvalue weighted by molar-refractivity contribution is 6.25. The van der Waals surface area contributed by atoms with E-state index in [0.717, 1.165) is 37.5 Å². The summed E-state index contributed by atoms with van der Waals surface area (Å²) in [5.74, 6) is 4.18. The van der Waals surface area contributed by atoms with Crippen LogP contribution in [0.5, 0.6) is 0 Å². The average Bonchev–Trinajstić information content (AvgIpc) is 2.45. The predicted octanol–water partition coefficient (Wildman–Crippen LogP) is 5.42. The van der Waals surface area contributed by atoms with Crippen LogP contribution >= 0.6 is 23.2 Å². The van der Waals surface area contributed by atoms with Gasteiger partial charge < -0.3 is 0 Å². The molecular formula is C20H26Cl2N2. The van der Waals surface area contributed by atoms with Crippen molar-refractivity contribution in [3.05, 3.63) is 0 Å². The smallest absolute Gasteiger partial charge is 0.0469 e. The fourth-order valence-corrected chi connectivity index (χ4v) is 8.96. The second-order valence-electron chi connectivity index (χ2n) is 10.0. The second kappa shape index (κ2) is 4.80. The van der Waals surface area contributed by atoms with Crippen molar-refractivity contribution in [1.82, 2.24) is 0 Å². The third kappa shape index (κ3) is 2.14. The van der Waals surface area contributed by atoms with Crippen molar-refractivity contribution in [1.29, 1.82) is 0 Å². The highest BCUT2D eigenvalue weighted by atomic mass is 35.5. The Bertz CT molecular complexity index is 562. The number of alkyl halides is 2. The van der Waals surface area contributed by atoms with Gasteiger partial charge in [0.15, 0.2) is 0 Å². The molecular weight excluding hydrogens is 339 g/mol. The summed E-state index contributed by atoms with van der Waals surface area (Å²) in [5, 5.41) is 9.85. The third-order valence-corrected chi connectivity index (χ3v) is 9.11. The summed E-state index contributed by atoms with van der Waals surface area (Å²) >= 11 is 13.7. The lowest BCUT2D eigenvalue weighted by molar-refractivity contribution is 0.124. The van der Waals surface area contributed by atoms with E-state index in [9.17, 15) is 0 Å². The quantitative estimate of drug-likeness (QED) is 0.438. The van der Waals surface area contributed by atoms with Crippen LogP contribution in [0.1, 0.15) is 64.2 Å². The van der Waals surface area contributed by atoms with Crippen LogP contribution in [0.15, 0.2) is 10.2 Å². The van der Waals surface area contributed by atoms with E-state index in [1.54, 1.807) is 0 Å². The van der Waals surface area contributed by atoms with E-state index in [1.165, 1.54) is 49.9 Å². The standard InChI is InChI=1S/C20H26Cl2N2/c21-19-5-11-1-13(7-19)17(14(2-11)8-19)23-24-18-15-3-12-4-16(18)10-20(22,6-12)9-15/h11-16H,1-10H2/t11?,12?,13-,14+,15-,16+,19?,20?. The topological polar surface area (TPSA) is 24.7 Å². The van der Waals surface area contributed by atoms with Gasteiger partial charge in [-0.25, -0.2) is 0 Å². The fourth-order valence-electron chi connectivity index (χ4n) is 7.78. The van der Waals surface area contributed by atoms with Crippen molar-refractivity contribution >= 4 is 34.6 Å². The zero-order valence-electron chi connectivity index (χ0n) is 14.2. The van der Waals surface area contributed by atoms with Gasteiger partial charge in [-0.05, 0) is 76.0 Å². The van der Waals surface area contributed by atoms with Crippen LogP contribution in [0.2, 0.25) is 0 Å². The first-order valence-electron chi connectivity index (χ1n) is 10.0. The maximum absolute atomic E-state index is 6.85. The van der Waals surface area contributed by atoms with E-state index < -0.39 is 0 Å². The number of rotatable bonds is 1. The summed E-state index contributed by atoms with van der Waals surface area (Å²) in [6.07, 6.45) is 12.3. The molecule has 0 spiro atoms. The summed E-state index contributed by atoms with van der Waals surface area (Å²) in [7, 11) is 0. The van der Waals surface area contributed by atoms with E-state index >= 15 is 0 Å². The van der Waals surface area contributed by atoms with Crippen LogP contribution in [0.25, 0.3) is 0 Å². The van der Waals surface area contributed by atoms with E-state index in [2.05, 4.69) is 0 Å². The Morgan fingerprint density at radius 2 is 0.917 bits per heavy atom. The zero-order valence-corrected chi connectivity index (χ0v) is 15.7. The minimum Gasteiger partial charge on any atom is -0.160 e. The van der Waals surface area contributed by atoms with Crippen LogP contribution < -0.4 is 0 Å². The Hall–Kier alpha value is -0.0800. The van der Waals surface area contributed by atoms with Crippen LogP contribution in [0.3, 0.4) is 0 Å². The van der Waals surface area contributed by atoms with Crippen molar-refractivity contribution in [2.24, 2.45) is 45.7 Å². The summed E-state index contributed by atoms with van der Waals surface area (Å²) in [6, 6.07) is 0. The maximum Gasteiger partial charge on any atom is 0.0469 e. The van der Waals surface area contributed by atoms with Gasteiger partial charge in [0, 0.05) is 44.8 Å². The molecule has 0 heterocycles. The highest BCUT2D eigenvalue weighted by Gasteiger charge is 2.55. The Balaban J connectivity index is 1.30. The van der Waals surface area contributed by atoms with Gasteiger partial charge in [0.1, 0.15) is 0 Å². The Labute approximate surface area is 154 Å². The molecule has 8 bridgehead atoms. The lowest BCUT2D eigenvalue weighted by Crippen LogP contribution is -2.53. The number of halogens is 2. The van der Waals surface area contributed by atoms with Crippen LogP contribution in [0.4, 0.5) is 0 Å². The monoisotopic (exact) mass is 364 g/mol. The molecule has 0 aromatic heterocycles. The minimum atomic E-state index is 0.0935. The lowest BCUT2D eigenvalue weighted by Gasteiger charge is -2.55. The Kier molecular flexibility index (Phi) is 3.00. The molecule has 8 fully saturated rings. The van der Waals surface area contributed by atoms with Gasteiger partial charge in [-0.1, -0.05) is 0 Å². The van der Waals surface area contributed by atoms with Gasteiger partial charge in [0.2, 0.25) is 0 Å². The first-order chi connectivity index (χ1) is 11.5. The highest BCUT2D eigenvalue weighted by Crippen LogP contribution is 2.58. The molecule has 8 rings (SSSR count). The number of nitrogens with zero attached hydrogens (tertiary/aromatic N) is 2. The molecule has 0 radical (unpaired) electrons. The Morgan fingerprint density at radius 1 is 0.583 bits per heavy atom. The molecule has 4 heteroatoms. The van der Waals surface area contributed by atoms with E-state index in [-0.39, 0.29) is 9.75 Å². The molecule has 8 saturated carbocycles. The third-order valence-electron chi connectivity index (χ3n) is 8.18. The van der Waals surface area contributed by atoms with E-state index in [0.29, 0.717) is 23.7 Å². The van der Waals surface area contributed by atoms with Crippen molar-refractivity contribution < 1.29 is 0 Å². The molecule has 8 atom stereocenters. The molecule has 0 aromatic carbocycles. The maximum atomic E-state index is 6.85. The minimum absolute atomic E-state index is 0.0935. The van der Waals surface area contributed by atoms with Gasteiger partial charge >= 0.3 is 0 Å². The second-order valence-corrected chi connectivity index (χ2v) is 11.6. The largest absolute Gasteiger partial charge is 0.160 e. The number of hydrogen-bond acceptors (Lipinski definition) is 2. The predicted molar refractivity (Wildman–Crippen MR) is 99.1 cm³/mol. The van der Waals surface area contributed by atoms with Crippen molar-refractivity contribution in [2.75, 3.05) is 0 Å². The summed E-state index contributed by atoms with van der Waals surface area (Å²) in [5.41, 5.74) is 2.81. The summed E-state index contributed by atoms with van der Waals surface area (Å²) in [4.78, 5) is 0.187. The van der Waals surface area contributed by atoms with Gasteiger partial charge in [-0.3, -0.25) is 0 Å². The lowest BCUT2D eigenvalue weighted by atomic mass is 9.55. The molecule has 4 unspecified atom stereocenters. The molecule has 130 valence electrons. The molecule has 2 nitrogen and oxygen atoms in total. The van der Waals surface area contributed by atoms with Crippen molar-refractivity contribution in [2.45, 2.75) is 74.0 Å². The molecule has 0 aromatic rings. The van der Waals surface area contributed by atoms with Gasteiger partial charge in [-0.2, -0.15) is 10.2 Å². The molecule has 0 amide bonds. The number of hydrogen-bond donors (Lipinski definition) is 0. The fraction of sp³-hybridized carbons (Fsp3) is 0.900. The van der Waals surface area contributed by atoms with Crippen molar-refractivity contribution in [3.8, 4) is 0 Å². The summed E-state index contributed by atoms with van der Waals surface area (Å²) in [6.45, 7) is 0.